The molecule has 1 saturated heterocycles. The molecule has 0 aromatic carbocycles. The summed E-state index contributed by atoms with van der Waals surface area (Å²) in [7, 11) is 0. The summed E-state index contributed by atoms with van der Waals surface area (Å²) < 4.78 is 0. The van der Waals surface area contributed by atoms with E-state index in [9.17, 15) is 4.79 Å². The predicted octanol–water partition coefficient (Wildman–Crippen LogP) is 2.87. The molecule has 1 amide bonds. The lowest BCUT2D eigenvalue weighted by molar-refractivity contribution is -0.126. The van der Waals surface area contributed by atoms with Gasteiger partial charge in [-0.2, -0.15) is 0 Å². The Balaban J connectivity index is 2.06. The number of piperidine rings is 1. The summed E-state index contributed by atoms with van der Waals surface area (Å²) in [6.07, 6.45) is 5.32. The number of carbonyl (C=O) groups excluding carboxylic acids is 1. The Labute approximate surface area is 125 Å². The van der Waals surface area contributed by atoms with Crippen molar-refractivity contribution in [3.05, 3.63) is 23.5 Å². The van der Waals surface area contributed by atoms with Crippen LogP contribution in [-0.2, 0) is 4.79 Å². The standard InChI is InChI=1S/C15H22ClN3O/c1-15(2,3)18-14(20)11-5-4-8-19(10-11)13-6-7-17-9-12(13)16/h6-7,9,11H,4-5,8,10H2,1-3H3,(H,18,20). The third kappa shape index (κ3) is 3.85. The van der Waals surface area contributed by atoms with E-state index in [1.54, 1.807) is 12.4 Å². The molecule has 1 aliphatic rings. The summed E-state index contributed by atoms with van der Waals surface area (Å²) in [6.45, 7) is 7.66. The Hall–Kier alpha value is -1.29. The van der Waals surface area contributed by atoms with E-state index in [2.05, 4.69) is 15.2 Å². The maximum Gasteiger partial charge on any atom is 0.225 e. The lowest BCUT2D eigenvalue weighted by atomic mass is 9.95. The zero-order chi connectivity index (χ0) is 14.8. The number of pyridine rings is 1. The van der Waals surface area contributed by atoms with E-state index in [1.807, 2.05) is 26.8 Å². The molecule has 1 aliphatic heterocycles. The summed E-state index contributed by atoms with van der Waals surface area (Å²) >= 11 is 6.19. The number of halogens is 1. The molecule has 0 radical (unpaired) electrons. The second kappa shape index (κ2) is 6.00. The minimum absolute atomic E-state index is 0.0206. The highest BCUT2D eigenvalue weighted by atomic mass is 35.5. The summed E-state index contributed by atoms with van der Waals surface area (Å²) in [6, 6.07) is 1.91. The van der Waals surface area contributed by atoms with Gasteiger partial charge in [0.05, 0.1) is 16.6 Å². The quantitative estimate of drug-likeness (QED) is 0.912. The molecule has 1 fully saturated rings. The highest BCUT2D eigenvalue weighted by Gasteiger charge is 2.28. The largest absolute Gasteiger partial charge is 0.369 e. The Morgan fingerprint density at radius 1 is 1.50 bits per heavy atom. The molecule has 1 unspecified atom stereocenters. The summed E-state index contributed by atoms with van der Waals surface area (Å²) in [5.74, 6) is 0.152. The van der Waals surface area contributed by atoms with Gasteiger partial charge >= 0.3 is 0 Å². The van der Waals surface area contributed by atoms with Crippen molar-refractivity contribution in [2.45, 2.75) is 39.2 Å². The smallest absolute Gasteiger partial charge is 0.225 e. The summed E-state index contributed by atoms with van der Waals surface area (Å²) in [5, 5.41) is 3.71. The van der Waals surface area contributed by atoms with E-state index in [0.29, 0.717) is 11.6 Å². The predicted molar refractivity (Wildman–Crippen MR) is 82.1 cm³/mol. The number of amides is 1. The Bertz CT molecular complexity index is 484. The van der Waals surface area contributed by atoms with E-state index in [1.165, 1.54) is 0 Å². The maximum absolute atomic E-state index is 12.3. The molecule has 0 spiro atoms. The van der Waals surface area contributed by atoms with Gasteiger partial charge in [0.1, 0.15) is 0 Å². The summed E-state index contributed by atoms with van der Waals surface area (Å²) in [4.78, 5) is 18.5. The number of hydrogen-bond acceptors (Lipinski definition) is 3. The van der Waals surface area contributed by atoms with Crippen LogP contribution in [0.4, 0.5) is 5.69 Å². The van der Waals surface area contributed by atoms with Gasteiger partial charge in [-0.05, 0) is 39.7 Å². The van der Waals surface area contributed by atoms with Crippen LogP contribution in [0.15, 0.2) is 18.5 Å². The van der Waals surface area contributed by atoms with Crippen molar-refractivity contribution in [3.63, 3.8) is 0 Å². The average molecular weight is 296 g/mol. The van der Waals surface area contributed by atoms with Crippen molar-refractivity contribution in [2.75, 3.05) is 18.0 Å². The van der Waals surface area contributed by atoms with E-state index < -0.39 is 0 Å². The number of hydrogen-bond donors (Lipinski definition) is 1. The van der Waals surface area contributed by atoms with Crippen molar-refractivity contribution in [3.8, 4) is 0 Å². The van der Waals surface area contributed by atoms with Gasteiger partial charge in [-0.3, -0.25) is 9.78 Å². The molecule has 0 aliphatic carbocycles. The third-order valence-corrected chi connectivity index (χ3v) is 3.67. The molecule has 0 saturated carbocycles. The molecule has 1 atom stereocenters. The van der Waals surface area contributed by atoms with Gasteiger partial charge in [0.25, 0.3) is 0 Å². The molecule has 1 aromatic heterocycles. The van der Waals surface area contributed by atoms with Crippen LogP contribution in [0.25, 0.3) is 0 Å². The van der Waals surface area contributed by atoms with Crippen LogP contribution >= 0.6 is 11.6 Å². The molecule has 20 heavy (non-hydrogen) atoms. The SMILES string of the molecule is CC(C)(C)NC(=O)C1CCCN(c2ccncc2Cl)C1. The third-order valence-electron chi connectivity index (χ3n) is 3.38. The zero-order valence-corrected chi connectivity index (χ0v) is 13.1. The number of aromatic nitrogens is 1. The summed E-state index contributed by atoms with van der Waals surface area (Å²) in [5.41, 5.74) is 0.781. The van der Waals surface area contributed by atoms with Gasteiger partial charge in [-0.15, -0.1) is 0 Å². The number of carbonyl (C=O) groups is 1. The van der Waals surface area contributed by atoms with Gasteiger partial charge < -0.3 is 10.2 Å². The van der Waals surface area contributed by atoms with Gasteiger partial charge in [0, 0.05) is 31.0 Å². The topological polar surface area (TPSA) is 45.2 Å². The van der Waals surface area contributed by atoms with E-state index in [-0.39, 0.29) is 17.4 Å². The molecular formula is C15H22ClN3O. The van der Waals surface area contributed by atoms with Crippen molar-refractivity contribution in [1.82, 2.24) is 10.3 Å². The van der Waals surface area contributed by atoms with Gasteiger partial charge in [0.2, 0.25) is 5.91 Å². The lowest BCUT2D eigenvalue weighted by Gasteiger charge is -2.35. The molecular weight excluding hydrogens is 274 g/mol. The Morgan fingerprint density at radius 3 is 2.90 bits per heavy atom. The fraction of sp³-hybridized carbons (Fsp3) is 0.600. The first-order valence-corrected chi connectivity index (χ1v) is 7.41. The van der Waals surface area contributed by atoms with Crippen LogP contribution in [0, 0.1) is 5.92 Å². The monoisotopic (exact) mass is 295 g/mol. The number of nitrogens with zero attached hydrogens (tertiary/aromatic N) is 2. The first-order valence-electron chi connectivity index (χ1n) is 7.03. The van der Waals surface area contributed by atoms with Crippen LogP contribution in [0.1, 0.15) is 33.6 Å². The zero-order valence-electron chi connectivity index (χ0n) is 12.3. The van der Waals surface area contributed by atoms with Crippen molar-refractivity contribution < 1.29 is 4.79 Å². The molecule has 2 heterocycles. The van der Waals surface area contributed by atoms with E-state index >= 15 is 0 Å². The Morgan fingerprint density at radius 2 is 2.25 bits per heavy atom. The van der Waals surface area contributed by atoms with Crippen molar-refractivity contribution in [2.24, 2.45) is 5.92 Å². The average Bonchev–Trinajstić information content (AvgIpc) is 2.37. The first-order chi connectivity index (χ1) is 9.37. The number of rotatable bonds is 2. The molecule has 2 rings (SSSR count). The van der Waals surface area contributed by atoms with Crippen molar-refractivity contribution >= 4 is 23.2 Å². The number of nitrogens with one attached hydrogen (secondary N) is 1. The fourth-order valence-corrected chi connectivity index (χ4v) is 2.74. The Kier molecular flexibility index (Phi) is 4.53. The van der Waals surface area contributed by atoms with Crippen LogP contribution in [0.5, 0.6) is 0 Å². The van der Waals surface area contributed by atoms with E-state index in [0.717, 1.165) is 25.1 Å². The van der Waals surface area contributed by atoms with Crippen molar-refractivity contribution in [1.29, 1.82) is 0 Å². The normalized spacial score (nSPS) is 19.8. The minimum atomic E-state index is -0.187. The van der Waals surface area contributed by atoms with Gasteiger partial charge in [-0.25, -0.2) is 0 Å². The minimum Gasteiger partial charge on any atom is -0.369 e. The van der Waals surface area contributed by atoms with Gasteiger partial charge in [-0.1, -0.05) is 11.6 Å². The molecule has 4 nitrogen and oxygen atoms in total. The van der Waals surface area contributed by atoms with Crippen LogP contribution < -0.4 is 10.2 Å². The lowest BCUT2D eigenvalue weighted by Crippen LogP contribution is -2.48. The fourth-order valence-electron chi connectivity index (χ4n) is 2.51. The second-order valence-electron chi connectivity index (χ2n) is 6.35. The molecule has 1 N–H and O–H groups in total. The molecule has 0 bridgehead atoms. The maximum atomic E-state index is 12.3. The van der Waals surface area contributed by atoms with Crippen LogP contribution in [0.2, 0.25) is 5.02 Å². The van der Waals surface area contributed by atoms with E-state index in [4.69, 9.17) is 11.6 Å². The molecule has 110 valence electrons. The first kappa shape index (κ1) is 15.1. The highest BCUT2D eigenvalue weighted by molar-refractivity contribution is 6.33. The molecule has 1 aromatic rings. The molecule has 5 heteroatoms. The van der Waals surface area contributed by atoms with Crippen LogP contribution in [-0.4, -0.2) is 29.5 Å². The van der Waals surface area contributed by atoms with Crippen LogP contribution in [0.3, 0.4) is 0 Å². The van der Waals surface area contributed by atoms with Gasteiger partial charge in [0.15, 0.2) is 0 Å². The highest BCUT2D eigenvalue weighted by Crippen LogP contribution is 2.29. The number of anilines is 1. The second-order valence-corrected chi connectivity index (χ2v) is 6.76.